The number of amides is 1. The van der Waals surface area contributed by atoms with Crippen molar-refractivity contribution in [2.45, 2.75) is 6.92 Å². The molecule has 1 heterocycles. The van der Waals surface area contributed by atoms with Crippen molar-refractivity contribution in [2.75, 3.05) is 5.32 Å². The van der Waals surface area contributed by atoms with Gasteiger partial charge in [0.15, 0.2) is 5.58 Å². The number of nitrogens with zero attached hydrogens (tertiary/aromatic N) is 1. The van der Waals surface area contributed by atoms with E-state index in [1.807, 2.05) is 55.5 Å². The lowest BCUT2D eigenvalue weighted by Crippen LogP contribution is -2.07. The number of aryl methyl sites for hydroxylation is 1. The molecule has 4 aromatic rings. The number of aromatic hydroxyl groups is 1. The highest BCUT2D eigenvalue weighted by Gasteiger charge is 2.13. The number of phenolic OH excluding ortho intramolecular Hbond substituents is 1. The Morgan fingerprint density at radius 3 is 2.68 bits per heavy atom. The monoisotopic (exact) mass is 370 g/mol. The summed E-state index contributed by atoms with van der Waals surface area (Å²) in [5.74, 6) is 0.0291. The van der Waals surface area contributed by atoms with Crippen LogP contribution in [0.1, 0.15) is 11.1 Å². The van der Waals surface area contributed by atoms with Crippen LogP contribution in [0.15, 0.2) is 77.2 Å². The first-order valence-corrected chi connectivity index (χ1v) is 8.83. The van der Waals surface area contributed by atoms with E-state index < -0.39 is 0 Å². The van der Waals surface area contributed by atoms with Crippen LogP contribution in [-0.2, 0) is 4.79 Å². The van der Waals surface area contributed by atoms with Gasteiger partial charge in [-0.05, 0) is 48.4 Å². The second kappa shape index (κ2) is 7.40. The number of hydrogen-bond acceptors (Lipinski definition) is 4. The van der Waals surface area contributed by atoms with Gasteiger partial charge >= 0.3 is 0 Å². The Hall–Kier alpha value is -3.86. The van der Waals surface area contributed by atoms with Crippen molar-refractivity contribution in [3.05, 3.63) is 83.9 Å². The molecule has 1 aromatic heterocycles. The molecule has 138 valence electrons. The number of aromatic nitrogens is 1. The summed E-state index contributed by atoms with van der Waals surface area (Å²) in [5.41, 5.74) is 4.35. The molecular formula is C23H18N2O3. The molecule has 3 aromatic carbocycles. The van der Waals surface area contributed by atoms with Crippen LogP contribution >= 0.6 is 0 Å². The van der Waals surface area contributed by atoms with Gasteiger partial charge in [0.2, 0.25) is 11.8 Å². The predicted octanol–water partition coefficient (Wildman–Crippen LogP) is 5.16. The van der Waals surface area contributed by atoms with Gasteiger partial charge in [0.05, 0.1) is 5.56 Å². The summed E-state index contributed by atoms with van der Waals surface area (Å²) in [4.78, 5) is 16.5. The molecule has 0 aliphatic rings. The molecule has 5 heteroatoms. The summed E-state index contributed by atoms with van der Waals surface area (Å²) in [6.45, 7) is 1.98. The third kappa shape index (κ3) is 3.78. The van der Waals surface area contributed by atoms with E-state index in [1.165, 1.54) is 12.1 Å². The number of phenols is 1. The van der Waals surface area contributed by atoms with Gasteiger partial charge in [-0.2, -0.15) is 0 Å². The summed E-state index contributed by atoms with van der Waals surface area (Å²) in [6, 6.07) is 20.1. The van der Waals surface area contributed by atoms with Crippen molar-refractivity contribution in [2.24, 2.45) is 0 Å². The minimum atomic E-state index is -0.284. The molecule has 0 aliphatic heterocycles. The van der Waals surface area contributed by atoms with Crippen LogP contribution in [0.2, 0.25) is 0 Å². The molecule has 0 saturated heterocycles. The molecular weight excluding hydrogens is 352 g/mol. The Kier molecular flexibility index (Phi) is 4.64. The average Bonchev–Trinajstić information content (AvgIpc) is 3.10. The molecule has 0 bridgehead atoms. The molecule has 0 spiro atoms. The molecule has 28 heavy (non-hydrogen) atoms. The maximum Gasteiger partial charge on any atom is 0.248 e. The number of nitrogens with one attached hydrogen (secondary N) is 1. The van der Waals surface area contributed by atoms with Crippen molar-refractivity contribution in [3.63, 3.8) is 0 Å². The Labute approximate surface area is 162 Å². The number of oxazole rings is 1. The van der Waals surface area contributed by atoms with Crippen molar-refractivity contribution in [1.82, 2.24) is 4.98 Å². The van der Waals surface area contributed by atoms with E-state index in [4.69, 9.17) is 4.42 Å². The number of hydrogen-bond donors (Lipinski definition) is 2. The quantitative estimate of drug-likeness (QED) is 0.487. The lowest BCUT2D eigenvalue weighted by atomic mass is 10.1. The summed E-state index contributed by atoms with van der Waals surface area (Å²) >= 11 is 0. The Morgan fingerprint density at radius 2 is 1.89 bits per heavy atom. The van der Waals surface area contributed by atoms with Gasteiger partial charge < -0.3 is 14.8 Å². The zero-order valence-corrected chi connectivity index (χ0v) is 15.2. The number of benzene rings is 3. The lowest BCUT2D eigenvalue weighted by Gasteiger charge is -2.05. The molecule has 0 radical (unpaired) electrons. The molecule has 0 unspecified atom stereocenters. The van der Waals surface area contributed by atoms with Gasteiger partial charge in [0, 0.05) is 17.8 Å². The molecule has 2 N–H and O–H groups in total. The standard InChI is InChI=1S/C23H18N2O3/c1-15-7-11-21-19(13-15)25-23(28-21)18-10-9-17(14-20(18)26)24-22(27)12-8-16-5-3-2-4-6-16/h2-14,26H,1H3,(H,24,27). The Balaban J connectivity index is 1.52. The fourth-order valence-corrected chi connectivity index (χ4v) is 2.86. The van der Waals surface area contributed by atoms with Crippen LogP contribution in [0.25, 0.3) is 28.6 Å². The molecule has 0 aliphatic carbocycles. The lowest BCUT2D eigenvalue weighted by molar-refractivity contribution is -0.111. The van der Waals surface area contributed by atoms with Crippen LogP contribution in [0.5, 0.6) is 5.75 Å². The molecule has 1 amide bonds. The van der Waals surface area contributed by atoms with E-state index in [0.29, 0.717) is 22.7 Å². The van der Waals surface area contributed by atoms with Gasteiger partial charge in [-0.3, -0.25) is 4.79 Å². The first-order valence-electron chi connectivity index (χ1n) is 8.83. The second-order valence-electron chi connectivity index (χ2n) is 6.46. The highest BCUT2D eigenvalue weighted by molar-refractivity contribution is 6.02. The van der Waals surface area contributed by atoms with Crippen LogP contribution in [0, 0.1) is 6.92 Å². The highest BCUT2D eigenvalue weighted by atomic mass is 16.3. The van der Waals surface area contributed by atoms with Crippen molar-refractivity contribution < 1.29 is 14.3 Å². The van der Waals surface area contributed by atoms with Crippen LogP contribution in [0.3, 0.4) is 0 Å². The molecule has 5 nitrogen and oxygen atoms in total. The molecule has 0 atom stereocenters. The summed E-state index contributed by atoms with van der Waals surface area (Å²) in [6.07, 6.45) is 3.17. The smallest absolute Gasteiger partial charge is 0.248 e. The topological polar surface area (TPSA) is 75.4 Å². The minimum absolute atomic E-state index is 0.0203. The van der Waals surface area contributed by atoms with Crippen molar-refractivity contribution >= 4 is 28.8 Å². The average molecular weight is 370 g/mol. The zero-order chi connectivity index (χ0) is 19.5. The number of anilines is 1. The van der Waals surface area contributed by atoms with Crippen molar-refractivity contribution in [3.8, 4) is 17.2 Å². The summed E-state index contributed by atoms with van der Waals surface area (Å²) < 4.78 is 5.73. The van der Waals surface area contributed by atoms with Crippen LogP contribution in [-0.4, -0.2) is 16.0 Å². The summed E-state index contributed by atoms with van der Waals surface area (Å²) in [7, 11) is 0. The van der Waals surface area contributed by atoms with E-state index in [-0.39, 0.29) is 11.7 Å². The number of carbonyl (C=O) groups is 1. The highest BCUT2D eigenvalue weighted by Crippen LogP contribution is 2.33. The number of fused-ring (bicyclic) bond motifs is 1. The number of rotatable bonds is 4. The van der Waals surface area contributed by atoms with Gasteiger partial charge in [-0.15, -0.1) is 0 Å². The van der Waals surface area contributed by atoms with Crippen molar-refractivity contribution in [1.29, 1.82) is 0 Å². The third-order valence-electron chi connectivity index (χ3n) is 4.27. The van der Waals surface area contributed by atoms with E-state index in [1.54, 1.807) is 18.2 Å². The van der Waals surface area contributed by atoms with E-state index in [9.17, 15) is 9.90 Å². The van der Waals surface area contributed by atoms with Crippen LogP contribution in [0.4, 0.5) is 5.69 Å². The molecule has 0 fully saturated rings. The Morgan fingerprint density at radius 1 is 1.07 bits per heavy atom. The van der Waals surface area contributed by atoms with Gasteiger partial charge in [-0.25, -0.2) is 4.98 Å². The molecule has 0 saturated carbocycles. The number of carbonyl (C=O) groups excluding carboxylic acids is 1. The second-order valence-corrected chi connectivity index (χ2v) is 6.46. The maximum atomic E-state index is 12.1. The van der Waals surface area contributed by atoms with E-state index in [0.717, 1.165) is 16.6 Å². The molecule has 4 rings (SSSR count). The van der Waals surface area contributed by atoms with Crippen LogP contribution < -0.4 is 5.32 Å². The first-order chi connectivity index (χ1) is 13.6. The normalized spacial score (nSPS) is 11.2. The minimum Gasteiger partial charge on any atom is -0.507 e. The van der Waals surface area contributed by atoms with E-state index in [2.05, 4.69) is 10.3 Å². The zero-order valence-electron chi connectivity index (χ0n) is 15.2. The summed E-state index contributed by atoms with van der Waals surface area (Å²) in [5, 5.41) is 13.1. The van der Waals surface area contributed by atoms with Gasteiger partial charge in [0.1, 0.15) is 11.3 Å². The van der Waals surface area contributed by atoms with E-state index >= 15 is 0 Å². The first kappa shape index (κ1) is 17.5. The predicted molar refractivity (Wildman–Crippen MR) is 110 cm³/mol. The maximum absolute atomic E-state index is 12.1. The fraction of sp³-hybridized carbons (Fsp3) is 0.0435. The largest absolute Gasteiger partial charge is 0.507 e. The Bertz CT molecular complexity index is 1180. The van der Waals surface area contributed by atoms with Gasteiger partial charge in [-0.1, -0.05) is 36.4 Å². The SMILES string of the molecule is Cc1ccc2oc(-c3ccc(NC(=O)C=Cc4ccccc4)cc3O)nc2c1. The van der Waals surface area contributed by atoms with Gasteiger partial charge in [0.25, 0.3) is 0 Å². The fourth-order valence-electron chi connectivity index (χ4n) is 2.86. The third-order valence-corrected chi connectivity index (χ3v) is 4.27.